The van der Waals surface area contributed by atoms with E-state index in [-0.39, 0.29) is 5.92 Å². The molecule has 1 aromatic heterocycles. The fourth-order valence-electron chi connectivity index (χ4n) is 3.28. The van der Waals surface area contributed by atoms with E-state index in [9.17, 15) is 4.79 Å². The van der Waals surface area contributed by atoms with Crippen LogP contribution in [-0.2, 0) is 11.2 Å². The summed E-state index contributed by atoms with van der Waals surface area (Å²) < 4.78 is 6.83. The van der Waals surface area contributed by atoms with Crippen molar-refractivity contribution in [3.63, 3.8) is 0 Å². The number of fused-ring (bicyclic) bond motifs is 1. The van der Waals surface area contributed by atoms with E-state index in [4.69, 9.17) is 10.5 Å². The molecule has 1 atom stereocenters. The molecule has 1 aliphatic carbocycles. The summed E-state index contributed by atoms with van der Waals surface area (Å²) in [6, 6.07) is 6.09. The minimum absolute atomic E-state index is 0.176. The van der Waals surface area contributed by atoms with Gasteiger partial charge in [0.1, 0.15) is 11.9 Å². The second kappa shape index (κ2) is 6.30. The van der Waals surface area contributed by atoms with Crippen LogP contribution < -0.4 is 5.73 Å². The van der Waals surface area contributed by atoms with E-state index in [0.717, 1.165) is 37.1 Å². The third kappa shape index (κ3) is 3.45. The van der Waals surface area contributed by atoms with E-state index >= 15 is 0 Å². The summed E-state index contributed by atoms with van der Waals surface area (Å²) in [7, 11) is 0. The van der Waals surface area contributed by atoms with Crippen LogP contribution in [0.5, 0.6) is 0 Å². The molecule has 5 nitrogen and oxygen atoms in total. The maximum absolute atomic E-state index is 12.2. The third-order valence-electron chi connectivity index (χ3n) is 4.36. The van der Waals surface area contributed by atoms with Gasteiger partial charge in [-0.15, -0.1) is 0 Å². The van der Waals surface area contributed by atoms with Gasteiger partial charge >= 0.3 is 6.09 Å². The summed E-state index contributed by atoms with van der Waals surface area (Å²) in [6.07, 6.45) is 7.20. The first-order valence-corrected chi connectivity index (χ1v) is 8.49. The van der Waals surface area contributed by atoms with Crippen LogP contribution in [0.2, 0.25) is 0 Å². The summed E-state index contributed by atoms with van der Waals surface area (Å²) >= 11 is 0. The predicted octanol–water partition coefficient (Wildman–Crippen LogP) is 4.11. The van der Waals surface area contributed by atoms with E-state index in [1.807, 2.05) is 32.9 Å². The van der Waals surface area contributed by atoms with Gasteiger partial charge in [0.25, 0.3) is 0 Å². The van der Waals surface area contributed by atoms with Gasteiger partial charge in [0.2, 0.25) is 0 Å². The molecule has 0 fully saturated rings. The van der Waals surface area contributed by atoms with Crippen molar-refractivity contribution in [3.05, 3.63) is 47.5 Å². The Kier molecular flexibility index (Phi) is 4.35. The number of nitrogen functional groups attached to an aromatic ring is 1. The maximum atomic E-state index is 12.2. The van der Waals surface area contributed by atoms with Gasteiger partial charge in [-0.05, 0) is 57.2 Å². The molecule has 5 heteroatoms. The Bertz CT molecular complexity index is 743. The van der Waals surface area contributed by atoms with Crippen LogP contribution in [-0.4, -0.2) is 21.2 Å². The molecule has 0 spiro atoms. The van der Waals surface area contributed by atoms with Crippen LogP contribution in [0.4, 0.5) is 10.5 Å². The topological polar surface area (TPSA) is 70.1 Å². The molecule has 1 unspecified atom stereocenters. The van der Waals surface area contributed by atoms with Crippen molar-refractivity contribution >= 4 is 11.8 Å². The number of carbonyl (C=O) groups excluding carboxylic acids is 1. The number of carbonyl (C=O) groups is 1. The number of anilines is 1. The Labute approximate surface area is 142 Å². The van der Waals surface area contributed by atoms with Crippen molar-refractivity contribution in [1.82, 2.24) is 9.55 Å². The normalized spacial score (nSPS) is 17.9. The summed E-state index contributed by atoms with van der Waals surface area (Å²) in [5, 5.41) is 0. The number of nitrogens with zero attached hydrogens (tertiary/aromatic N) is 2. The van der Waals surface area contributed by atoms with Gasteiger partial charge in [-0.25, -0.2) is 14.3 Å². The van der Waals surface area contributed by atoms with Crippen molar-refractivity contribution in [2.45, 2.75) is 58.0 Å². The standard InChI is InChI=1S/C19H25N3O2/c1-19(2,3)24-18(23)22-11-17(21-12-22)15-8-5-4-7-14-13(15)9-6-10-16(14)20/h6,9-12,15H,4-5,7-8,20H2,1-3H3. The number of hydrogen-bond acceptors (Lipinski definition) is 4. The Morgan fingerprint density at radius 1 is 1.33 bits per heavy atom. The lowest BCUT2D eigenvalue weighted by Crippen LogP contribution is -2.26. The van der Waals surface area contributed by atoms with E-state index in [0.29, 0.717) is 0 Å². The number of imidazole rings is 1. The summed E-state index contributed by atoms with van der Waals surface area (Å²) in [5.41, 5.74) is 9.87. The van der Waals surface area contributed by atoms with E-state index in [1.54, 1.807) is 12.5 Å². The van der Waals surface area contributed by atoms with Crippen molar-refractivity contribution in [2.24, 2.45) is 0 Å². The van der Waals surface area contributed by atoms with Gasteiger partial charge in [-0.1, -0.05) is 18.6 Å². The average Bonchev–Trinajstić information content (AvgIpc) is 2.87. The van der Waals surface area contributed by atoms with Crippen LogP contribution in [0.25, 0.3) is 0 Å². The lowest BCUT2D eigenvalue weighted by atomic mass is 9.89. The highest BCUT2D eigenvalue weighted by atomic mass is 16.6. The summed E-state index contributed by atoms with van der Waals surface area (Å²) in [5.74, 6) is 0.176. The number of rotatable bonds is 1. The number of benzene rings is 1. The number of nitrogens with two attached hydrogens (primary N) is 1. The molecule has 0 amide bonds. The lowest BCUT2D eigenvalue weighted by Gasteiger charge is -2.19. The molecule has 0 saturated carbocycles. The summed E-state index contributed by atoms with van der Waals surface area (Å²) in [4.78, 5) is 16.7. The molecule has 0 radical (unpaired) electrons. The second-order valence-corrected chi connectivity index (χ2v) is 7.40. The predicted molar refractivity (Wildman–Crippen MR) is 94.1 cm³/mol. The zero-order valence-electron chi connectivity index (χ0n) is 14.6. The third-order valence-corrected chi connectivity index (χ3v) is 4.36. The molecule has 1 aromatic carbocycles. The first-order chi connectivity index (χ1) is 11.3. The zero-order chi connectivity index (χ0) is 17.3. The molecule has 2 aromatic rings. The fraction of sp³-hybridized carbons (Fsp3) is 0.474. The molecule has 3 rings (SSSR count). The van der Waals surface area contributed by atoms with Crippen LogP contribution in [0.1, 0.15) is 62.8 Å². The van der Waals surface area contributed by atoms with Gasteiger partial charge in [0, 0.05) is 17.8 Å². The molecule has 1 aliphatic rings. The van der Waals surface area contributed by atoms with Gasteiger partial charge < -0.3 is 10.5 Å². The zero-order valence-corrected chi connectivity index (χ0v) is 14.6. The molecule has 2 N–H and O–H groups in total. The van der Waals surface area contributed by atoms with Gasteiger partial charge in [-0.2, -0.15) is 0 Å². The lowest BCUT2D eigenvalue weighted by molar-refractivity contribution is 0.0536. The second-order valence-electron chi connectivity index (χ2n) is 7.40. The van der Waals surface area contributed by atoms with Crippen molar-refractivity contribution in [2.75, 3.05) is 5.73 Å². The smallest absolute Gasteiger partial charge is 0.419 e. The molecule has 0 saturated heterocycles. The highest BCUT2D eigenvalue weighted by Gasteiger charge is 2.25. The first kappa shape index (κ1) is 16.6. The quantitative estimate of drug-likeness (QED) is 0.632. The van der Waals surface area contributed by atoms with Crippen molar-refractivity contribution < 1.29 is 9.53 Å². The highest BCUT2D eigenvalue weighted by Crippen LogP contribution is 2.37. The minimum Gasteiger partial charge on any atom is -0.443 e. The fourth-order valence-corrected chi connectivity index (χ4v) is 3.28. The molecule has 1 heterocycles. The first-order valence-electron chi connectivity index (χ1n) is 8.49. The monoisotopic (exact) mass is 327 g/mol. The Hall–Kier alpha value is -2.30. The molecule has 0 aliphatic heterocycles. The van der Waals surface area contributed by atoms with E-state index < -0.39 is 11.7 Å². The number of ether oxygens (including phenoxy) is 1. The molecule has 0 bridgehead atoms. The number of aromatic nitrogens is 2. The van der Waals surface area contributed by atoms with Crippen LogP contribution >= 0.6 is 0 Å². The molecule has 24 heavy (non-hydrogen) atoms. The molecule has 128 valence electrons. The van der Waals surface area contributed by atoms with Crippen molar-refractivity contribution in [1.29, 1.82) is 0 Å². The Balaban J connectivity index is 1.91. The maximum Gasteiger partial charge on any atom is 0.419 e. The van der Waals surface area contributed by atoms with Gasteiger partial charge in [0.05, 0.1) is 5.69 Å². The van der Waals surface area contributed by atoms with Crippen LogP contribution in [0, 0.1) is 0 Å². The van der Waals surface area contributed by atoms with Crippen LogP contribution in [0.15, 0.2) is 30.7 Å². The minimum atomic E-state index is -0.523. The molecular weight excluding hydrogens is 302 g/mol. The Morgan fingerprint density at radius 2 is 2.12 bits per heavy atom. The van der Waals surface area contributed by atoms with E-state index in [2.05, 4.69) is 11.1 Å². The summed E-state index contributed by atoms with van der Waals surface area (Å²) in [6.45, 7) is 5.56. The Morgan fingerprint density at radius 3 is 2.88 bits per heavy atom. The van der Waals surface area contributed by atoms with Crippen LogP contribution in [0.3, 0.4) is 0 Å². The highest BCUT2D eigenvalue weighted by molar-refractivity contribution is 5.70. The largest absolute Gasteiger partial charge is 0.443 e. The van der Waals surface area contributed by atoms with Gasteiger partial charge in [-0.3, -0.25) is 0 Å². The van der Waals surface area contributed by atoms with Gasteiger partial charge in [0.15, 0.2) is 0 Å². The number of hydrogen-bond donors (Lipinski definition) is 1. The molecular formula is C19H25N3O2. The average molecular weight is 327 g/mol. The van der Waals surface area contributed by atoms with Crippen molar-refractivity contribution in [3.8, 4) is 0 Å². The van der Waals surface area contributed by atoms with E-state index in [1.165, 1.54) is 15.7 Å². The SMILES string of the molecule is CC(C)(C)OC(=O)n1cnc(C2CCCCc3c(N)cccc32)c1.